The average Bonchev–Trinajstić information content (AvgIpc) is 2.93. The van der Waals surface area contributed by atoms with Gasteiger partial charge in [0.1, 0.15) is 0 Å². The number of hydrogen-bond donors (Lipinski definition) is 1. The molecule has 1 saturated heterocycles. The van der Waals surface area contributed by atoms with Crippen molar-refractivity contribution < 1.29 is 9.53 Å². The molecular formula is C14H17Cl2NO2S. The van der Waals surface area contributed by atoms with Crippen molar-refractivity contribution in [2.75, 3.05) is 13.2 Å². The smallest absolute Gasteiger partial charge is 0.233 e. The molecular weight excluding hydrogens is 317 g/mol. The summed E-state index contributed by atoms with van der Waals surface area (Å²) in [5.74, 6) is -0.0125. The van der Waals surface area contributed by atoms with Crippen LogP contribution in [0.1, 0.15) is 19.8 Å². The molecule has 3 nitrogen and oxygen atoms in total. The lowest BCUT2D eigenvalue weighted by molar-refractivity contribution is -0.120. The first-order valence-corrected chi connectivity index (χ1v) is 8.21. The molecule has 1 fully saturated rings. The molecule has 0 bridgehead atoms. The van der Waals surface area contributed by atoms with Crippen molar-refractivity contribution in [2.24, 2.45) is 0 Å². The molecule has 20 heavy (non-hydrogen) atoms. The van der Waals surface area contributed by atoms with Crippen LogP contribution in [0.4, 0.5) is 0 Å². The van der Waals surface area contributed by atoms with Gasteiger partial charge in [0.05, 0.1) is 16.4 Å². The first-order chi connectivity index (χ1) is 9.56. The monoisotopic (exact) mass is 333 g/mol. The van der Waals surface area contributed by atoms with Crippen molar-refractivity contribution in [3.05, 3.63) is 28.2 Å². The van der Waals surface area contributed by atoms with Crippen molar-refractivity contribution in [1.82, 2.24) is 5.32 Å². The zero-order valence-corrected chi connectivity index (χ0v) is 13.5. The standard InChI is InChI=1S/C14H17Cl2NO2S/c1-9(14(18)17-8-11-3-2-6-19-11)20-13-7-10(15)4-5-12(13)16/h4-5,7,9,11H,2-3,6,8H2,1H3,(H,17,18). The fourth-order valence-corrected chi connectivity index (χ4v) is 3.41. The summed E-state index contributed by atoms with van der Waals surface area (Å²) in [6.45, 7) is 3.22. The fraction of sp³-hybridized carbons (Fsp3) is 0.500. The predicted molar refractivity (Wildman–Crippen MR) is 83.8 cm³/mol. The fourth-order valence-electron chi connectivity index (χ4n) is 1.97. The third kappa shape index (κ3) is 4.55. The third-order valence-corrected chi connectivity index (χ3v) is 4.93. The van der Waals surface area contributed by atoms with Crippen molar-refractivity contribution in [2.45, 2.75) is 36.0 Å². The highest BCUT2D eigenvalue weighted by Crippen LogP contribution is 2.32. The van der Waals surface area contributed by atoms with Crippen LogP contribution in [0, 0.1) is 0 Å². The minimum absolute atomic E-state index is 0.0125. The van der Waals surface area contributed by atoms with Crippen LogP contribution in [-0.2, 0) is 9.53 Å². The Morgan fingerprint density at radius 2 is 2.35 bits per heavy atom. The predicted octanol–water partition coefficient (Wildman–Crippen LogP) is 3.77. The lowest BCUT2D eigenvalue weighted by Crippen LogP contribution is -2.36. The van der Waals surface area contributed by atoms with Gasteiger partial charge in [0.15, 0.2) is 0 Å². The molecule has 1 aromatic carbocycles. The molecule has 2 rings (SSSR count). The lowest BCUT2D eigenvalue weighted by atomic mass is 10.2. The Morgan fingerprint density at radius 1 is 1.55 bits per heavy atom. The van der Waals surface area contributed by atoms with Gasteiger partial charge in [0.2, 0.25) is 5.91 Å². The molecule has 1 heterocycles. The van der Waals surface area contributed by atoms with Crippen LogP contribution < -0.4 is 5.32 Å². The number of hydrogen-bond acceptors (Lipinski definition) is 3. The molecule has 0 saturated carbocycles. The van der Waals surface area contributed by atoms with Crippen LogP contribution >= 0.6 is 35.0 Å². The highest BCUT2D eigenvalue weighted by atomic mass is 35.5. The van der Waals surface area contributed by atoms with Gasteiger partial charge in [0.25, 0.3) is 0 Å². The Bertz CT molecular complexity index is 478. The second-order valence-electron chi connectivity index (χ2n) is 4.72. The van der Waals surface area contributed by atoms with Crippen molar-refractivity contribution in [3.8, 4) is 0 Å². The number of rotatable bonds is 5. The van der Waals surface area contributed by atoms with E-state index in [9.17, 15) is 4.79 Å². The molecule has 1 aliphatic heterocycles. The summed E-state index contributed by atoms with van der Waals surface area (Å²) in [6, 6.07) is 5.25. The number of nitrogens with one attached hydrogen (secondary N) is 1. The van der Waals surface area contributed by atoms with Gasteiger partial charge in [-0.1, -0.05) is 23.2 Å². The zero-order valence-electron chi connectivity index (χ0n) is 11.2. The summed E-state index contributed by atoms with van der Waals surface area (Å²) in [6.07, 6.45) is 2.25. The molecule has 1 aromatic rings. The van der Waals surface area contributed by atoms with Crippen LogP contribution in [0.3, 0.4) is 0 Å². The number of halogens is 2. The van der Waals surface area contributed by atoms with Gasteiger partial charge in [0, 0.05) is 23.1 Å². The second-order valence-corrected chi connectivity index (χ2v) is 6.94. The Labute approximate surface area is 133 Å². The quantitative estimate of drug-likeness (QED) is 0.833. The van der Waals surface area contributed by atoms with E-state index in [1.54, 1.807) is 18.2 Å². The molecule has 0 aliphatic carbocycles. The minimum Gasteiger partial charge on any atom is -0.376 e. The molecule has 0 aromatic heterocycles. The minimum atomic E-state index is -0.229. The largest absolute Gasteiger partial charge is 0.376 e. The highest BCUT2D eigenvalue weighted by Gasteiger charge is 2.20. The number of carbonyl (C=O) groups excluding carboxylic acids is 1. The van der Waals surface area contributed by atoms with E-state index in [0.29, 0.717) is 16.6 Å². The van der Waals surface area contributed by atoms with Crippen LogP contribution in [0.15, 0.2) is 23.1 Å². The Kier molecular flexibility index (Phi) is 6.02. The van der Waals surface area contributed by atoms with E-state index in [1.807, 2.05) is 6.92 Å². The van der Waals surface area contributed by atoms with Crippen molar-refractivity contribution in [1.29, 1.82) is 0 Å². The van der Waals surface area contributed by atoms with Crippen molar-refractivity contribution in [3.63, 3.8) is 0 Å². The molecule has 2 unspecified atom stereocenters. The normalized spacial score (nSPS) is 19.9. The van der Waals surface area contributed by atoms with E-state index in [4.69, 9.17) is 27.9 Å². The van der Waals surface area contributed by atoms with Gasteiger partial charge < -0.3 is 10.1 Å². The maximum absolute atomic E-state index is 12.0. The maximum Gasteiger partial charge on any atom is 0.233 e. The summed E-state index contributed by atoms with van der Waals surface area (Å²) in [5.41, 5.74) is 0. The molecule has 1 amide bonds. The van der Waals surface area contributed by atoms with Gasteiger partial charge >= 0.3 is 0 Å². The number of amides is 1. The van der Waals surface area contributed by atoms with E-state index < -0.39 is 0 Å². The molecule has 0 radical (unpaired) electrons. The van der Waals surface area contributed by atoms with E-state index in [-0.39, 0.29) is 17.3 Å². The lowest BCUT2D eigenvalue weighted by Gasteiger charge is -2.15. The summed E-state index contributed by atoms with van der Waals surface area (Å²) in [5, 5.41) is 3.91. The molecule has 2 atom stereocenters. The summed E-state index contributed by atoms with van der Waals surface area (Å²) in [7, 11) is 0. The maximum atomic E-state index is 12.0. The highest BCUT2D eigenvalue weighted by molar-refractivity contribution is 8.00. The van der Waals surface area contributed by atoms with Crippen LogP contribution in [0.5, 0.6) is 0 Å². The van der Waals surface area contributed by atoms with Gasteiger partial charge in [-0.25, -0.2) is 0 Å². The molecule has 6 heteroatoms. The summed E-state index contributed by atoms with van der Waals surface area (Å²) >= 11 is 13.4. The topological polar surface area (TPSA) is 38.3 Å². The first kappa shape index (κ1) is 16.0. The zero-order chi connectivity index (χ0) is 14.5. The van der Waals surface area contributed by atoms with Crippen LogP contribution in [-0.4, -0.2) is 30.4 Å². The van der Waals surface area contributed by atoms with Gasteiger partial charge in [-0.15, -0.1) is 11.8 Å². The van der Waals surface area contributed by atoms with Gasteiger partial charge in [-0.05, 0) is 38.0 Å². The van der Waals surface area contributed by atoms with Crippen LogP contribution in [0.25, 0.3) is 0 Å². The van der Waals surface area contributed by atoms with E-state index in [0.717, 1.165) is 24.3 Å². The Balaban J connectivity index is 1.85. The average molecular weight is 334 g/mol. The number of carbonyl (C=O) groups is 1. The molecule has 1 aliphatic rings. The SMILES string of the molecule is CC(Sc1cc(Cl)ccc1Cl)C(=O)NCC1CCCO1. The van der Waals surface area contributed by atoms with Gasteiger partial charge in [-0.3, -0.25) is 4.79 Å². The van der Waals surface area contributed by atoms with Crippen LogP contribution in [0.2, 0.25) is 10.0 Å². The number of thioether (sulfide) groups is 1. The number of benzene rings is 1. The number of ether oxygens (including phenoxy) is 1. The van der Waals surface area contributed by atoms with E-state index in [1.165, 1.54) is 11.8 Å². The first-order valence-electron chi connectivity index (χ1n) is 6.57. The third-order valence-electron chi connectivity index (χ3n) is 3.09. The molecule has 110 valence electrons. The Morgan fingerprint density at radius 3 is 3.05 bits per heavy atom. The van der Waals surface area contributed by atoms with E-state index >= 15 is 0 Å². The molecule has 1 N–H and O–H groups in total. The van der Waals surface area contributed by atoms with E-state index in [2.05, 4.69) is 5.32 Å². The second kappa shape index (κ2) is 7.55. The molecule has 0 spiro atoms. The summed E-state index contributed by atoms with van der Waals surface area (Å²) in [4.78, 5) is 12.9. The summed E-state index contributed by atoms with van der Waals surface area (Å²) < 4.78 is 5.48. The van der Waals surface area contributed by atoms with Crippen molar-refractivity contribution >= 4 is 40.9 Å². The Hall–Kier alpha value is -0.420. The van der Waals surface area contributed by atoms with Gasteiger partial charge in [-0.2, -0.15) is 0 Å².